The van der Waals surface area contributed by atoms with Crippen LogP contribution in [0.15, 0.2) is 60.8 Å². The smallest absolute Gasteiger partial charge is 0.306 e. The second-order valence-corrected chi connectivity index (χ2v) is 14.9. The Kier molecular flexibility index (Phi) is 41.5. The summed E-state index contributed by atoms with van der Waals surface area (Å²) in [6.45, 7) is 6.41. The van der Waals surface area contributed by atoms with E-state index in [4.69, 9.17) is 14.2 Å². The predicted molar refractivity (Wildman–Crippen MR) is 233 cm³/mol. The van der Waals surface area contributed by atoms with Crippen LogP contribution in [0.4, 0.5) is 0 Å². The first-order valence-electron chi connectivity index (χ1n) is 22.8. The highest BCUT2D eigenvalue weighted by molar-refractivity contribution is 5.71. The number of carbonyl (C=O) groups excluding carboxylic acids is 3. The third-order valence-electron chi connectivity index (χ3n) is 9.49. The van der Waals surface area contributed by atoms with Crippen LogP contribution < -0.4 is 0 Å². The largest absolute Gasteiger partial charge is 0.462 e. The van der Waals surface area contributed by atoms with E-state index in [2.05, 4.69) is 81.5 Å². The van der Waals surface area contributed by atoms with Crippen LogP contribution in [0.2, 0.25) is 0 Å². The van der Waals surface area contributed by atoms with Crippen LogP contribution in [0.25, 0.3) is 0 Å². The molecule has 0 aromatic carbocycles. The zero-order chi connectivity index (χ0) is 40.1. The van der Waals surface area contributed by atoms with Crippen molar-refractivity contribution in [2.24, 2.45) is 0 Å². The van der Waals surface area contributed by atoms with Crippen molar-refractivity contribution in [1.82, 2.24) is 0 Å². The summed E-state index contributed by atoms with van der Waals surface area (Å²) >= 11 is 0. The first kappa shape index (κ1) is 52.1. The molecule has 0 N–H and O–H groups in total. The summed E-state index contributed by atoms with van der Waals surface area (Å²) < 4.78 is 16.7. The van der Waals surface area contributed by atoms with Gasteiger partial charge < -0.3 is 14.2 Å². The van der Waals surface area contributed by atoms with Crippen LogP contribution in [0.3, 0.4) is 0 Å². The number of allylic oxidation sites excluding steroid dienone is 10. The lowest BCUT2D eigenvalue weighted by Crippen LogP contribution is -2.30. The Bertz CT molecular complexity index is 1020. The van der Waals surface area contributed by atoms with Crippen molar-refractivity contribution in [3.8, 4) is 0 Å². The highest BCUT2D eigenvalue weighted by Gasteiger charge is 2.19. The van der Waals surface area contributed by atoms with Crippen LogP contribution in [0, 0.1) is 0 Å². The normalized spacial score (nSPS) is 12.6. The van der Waals surface area contributed by atoms with Gasteiger partial charge in [-0.1, -0.05) is 178 Å². The molecule has 316 valence electrons. The van der Waals surface area contributed by atoms with Gasteiger partial charge in [-0.15, -0.1) is 0 Å². The fourth-order valence-corrected chi connectivity index (χ4v) is 6.08. The second kappa shape index (κ2) is 43.8. The summed E-state index contributed by atoms with van der Waals surface area (Å²) in [5.41, 5.74) is 0. The standard InChI is InChI=1S/C49H84O6/c1-4-7-10-13-16-19-22-23-24-25-26-27-28-31-33-36-39-42-48(51)54-45-46(55-49(52)43-40-37-34-30-21-18-15-12-9-6-3)44-53-47(50)41-38-35-32-29-20-17-14-11-8-5-2/h7,10,12,15-16,19,23-24,26-27,46H,4-6,8-9,11,13-14,17-18,20-22,25,28-45H2,1-3H3/b10-7-,15-12-,19-16-,24-23-,27-26-. The van der Waals surface area contributed by atoms with Crippen molar-refractivity contribution in [1.29, 1.82) is 0 Å². The number of hydrogen-bond donors (Lipinski definition) is 0. The van der Waals surface area contributed by atoms with Crippen molar-refractivity contribution in [3.05, 3.63) is 60.8 Å². The molecule has 0 aliphatic carbocycles. The zero-order valence-electron chi connectivity index (χ0n) is 35.9. The molecule has 0 aliphatic heterocycles. The third-order valence-corrected chi connectivity index (χ3v) is 9.49. The van der Waals surface area contributed by atoms with Crippen molar-refractivity contribution in [2.75, 3.05) is 13.2 Å². The van der Waals surface area contributed by atoms with Gasteiger partial charge in [0.15, 0.2) is 6.10 Å². The fourth-order valence-electron chi connectivity index (χ4n) is 6.08. The summed E-state index contributed by atoms with van der Waals surface area (Å²) in [7, 11) is 0. The van der Waals surface area contributed by atoms with Crippen LogP contribution in [0.1, 0.15) is 213 Å². The lowest BCUT2D eigenvalue weighted by Gasteiger charge is -2.18. The number of carbonyl (C=O) groups is 3. The predicted octanol–water partition coefficient (Wildman–Crippen LogP) is 14.5. The minimum atomic E-state index is -0.783. The molecule has 0 rings (SSSR count). The van der Waals surface area contributed by atoms with E-state index in [0.29, 0.717) is 19.3 Å². The molecule has 0 aliphatic rings. The molecule has 0 aromatic heterocycles. The first-order chi connectivity index (χ1) is 27.0. The second-order valence-electron chi connectivity index (χ2n) is 14.9. The Hall–Kier alpha value is -2.89. The van der Waals surface area contributed by atoms with E-state index in [0.717, 1.165) is 116 Å². The van der Waals surface area contributed by atoms with E-state index < -0.39 is 6.10 Å². The van der Waals surface area contributed by atoms with E-state index in [1.807, 2.05) is 0 Å². The average Bonchev–Trinajstić information content (AvgIpc) is 3.18. The molecule has 1 atom stereocenters. The van der Waals surface area contributed by atoms with Crippen LogP contribution in [-0.2, 0) is 28.6 Å². The number of ether oxygens (including phenoxy) is 3. The minimum absolute atomic E-state index is 0.0849. The molecule has 0 spiro atoms. The van der Waals surface area contributed by atoms with Gasteiger partial charge in [-0.05, 0) is 77.0 Å². The van der Waals surface area contributed by atoms with Gasteiger partial charge in [0.2, 0.25) is 0 Å². The van der Waals surface area contributed by atoms with Crippen molar-refractivity contribution >= 4 is 17.9 Å². The minimum Gasteiger partial charge on any atom is -0.462 e. The maximum absolute atomic E-state index is 12.7. The third kappa shape index (κ3) is 42.1. The molecule has 0 bridgehead atoms. The van der Waals surface area contributed by atoms with E-state index in [-0.39, 0.29) is 31.1 Å². The molecule has 0 amide bonds. The van der Waals surface area contributed by atoms with Crippen LogP contribution in [0.5, 0.6) is 0 Å². The Morgan fingerprint density at radius 2 is 0.745 bits per heavy atom. The molecule has 55 heavy (non-hydrogen) atoms. The van der Waals surface area contributed by atoms with Gasteiger partial charge >= 0.3 is 17.9 Å². The van der Waals surface area contributed by atoms with Gasteiger partial charge in [0, 0.05) is 19.3 Å². The quantitative estimate of drug-likeness (QED) is 0.0267. The molecule has 0 aromatic rings. The summed E-state index contributed by atoms with van der Waals surface area (Å²) in [5, 5.41) is 0. The molecular weight excluding hydrogens is 685 g/mol. The molecule has 1 unspecified atom stereocenters. The lowest BCUT2D eigenvalue weighted by molar-refractivity contribution is -0.167. The summed E-state index contributed by atoms with van der Waals surface area (Å²) in [4.78, 5) is 37.7. The Morgan fingerprint density at radius 1 is 0.382 bits per heavy atom. The Labute approximate surface area is 339 Å². The van der Waals surface area contributed by atoms with E-state index in [1.165, 1.54) is 57.8 Å². The fraction of sp³-hybridized carbons (Fsp3) is 0.735. The maximum Gasteiger partial charge on any atom is 0.306 e. The van der Waals surface area contributed by atoms with E-state index in [9.17, 15) is 14.4 Å². The van der Waals surface area contributed by atoms with Crippen molar-refractivity contribution in [2.45, 2.75) is 219 Å². The summed E-state index contributed by atoms with van der Waals surface area (Å²) in [6.07, 6.45) is 52.0. The first-order valence-corrected chi connectivity index (χ1v) is 22.8. The van der Waals surface area contributed by atoms with Gasteiger partial charge in [-0.2, -0.15) is 0 Å². The maximum atomic E-state index is 12.7. The highest BCUT2D eigenvalue weighted by atomic mass is 16.6. The molecule has 0 heterocycles. The van der Waals surface area contributed by atoms with Crippen molar-refractivity contribution < 1.29 is 28.6 Å². The molecule has 0 fully saturated rings. The van der Waals surface area contributed by atoms with Gasteiger partial charge in [-0.3, -0.25) is 14.4 Å². The van der Waals surface area contributed by atoms with Crippen LogP contribution in [-0.4, -0.2) is 37.2 Å². The van der Waals surface area contributed by atoms with Gasteiger partial charge in [0.25, 0.3) is 0 Å². The monoisotopic (exact) mass is 769 g/mol. The Balaban J connectivity index is 4.38. The summed E-state index contributed by atoms with van der Waals surface area (Å²) in [5.74, 6) is -0.925. The molecular formula is C49H84O6. The SMILES string of the molecule is CC/C=C\C/C=C\C/C=C\C/C=C\CCCCCCC(=O)OCC(COC(=O)CCCCCCCCCCCC)OC(=O)CCCCCCC/C=C\CCC. The number of esters is 3. The van der Waals surface area contributed by atoms with Gasteiger partial charge in [0.05, 0.1) is 0 Å². The number of unbranched alkanes of at least 4 members (excludes halogenated alkanes) is 19. The molecule has 0 saturated carbocycles. The van der Waals surface area contributed by atoms with Gasteiger partial charge in [-0.25, -0.2) is 0 Å². The molecule has 6 heteroatoms. The molecule has 0 saturated heterocycles. The highest BCUT2D eigenvalue weighted by Crippen LogP contribution is 2.13. The lowest BCUT2D eigenvalue weighted by atomic mass is 10.1. The molecule has 6 nitrogen and oxygen atoms in total. The number of hydrogen-bond acceptors (Lipinski definition) is 6. The van der Waals surface area contributed by atoms with Crippen LogP contribution >= 0.6 is 0 Å². The topological polar surface area (TPSA) is 78.9 Å². The molecule has 0 radical (unpaired) electrons. The number of rotatable bonds is 40. The average molecular weight is 769 g/mol. The zero-order valence-corrected chi connectivity index (χ0v) is 35.9. The van der Waals surface area contributed by atoms with Gasteiger partial charge in [0.1, 0.15) is 13.2 Å². The van der Waals surface area contributed by atoms with E-state index >= 15 is 0 Å². The Morgan fingerprint density at radius 3 is 1.20 bits per heavy atom. The summed E-state index contributed by atoms with van der Waals surface area (Å²) in [6, 6.07) is 0. The van der Waals surface area contributed by atoms with Crippen molar-refractivity contribution in [3.63, 3.8) is 0 Å². The van der Waals surface area contributed by atoms with E-state index in [1.54, 1.807) is 0 Å².